The van der Waals surface area contributed by atoms with Gasteiger partial charge in [-0.05, 0) is 0 Å². The first-order valence-corrected chi connectivity index (χ1v) is 2.22. The average molecular weight is 115 g/mol. The van der Waals surface area contributed by atoms with Crippen LogP contribution < -0.4 is 5.32 Å². The second-order valence-corrected chi connectivity index (χ2v) is 1.15. The quantitative estimate of drug-likeness (QED) is 0.403. The monoisotopic (exact) mass is 115 g/mol. The summed E-state index contributed by atoms with van der Waals surface area (Å²) in [5.74, 6) is -0.160. The molecule has 0 aromatic heterocycles. The molecule has 0 aliphatic heterocycles. The van der Waals surface area contributed by atoms with Crippen LogP contribution >= 0.6 is 0 Å². The normalized spacial score (nSPS) is 9.25. The average Bonchev–Trinajstić information content (AvgIpc) is 1.83. The van der Waals surface area contributed by atoms with Crippen molar-refractivity contribution < 1.29 is 9.53 Å². The van der Waals surface area contributed by atoms with E-state index in [4.69, 9.17) is 0 Å². The molecule has 1 amide bonds. The van der Waals surface area contributed by atoms with Crippen molar-refractivity contribution in [2.24, 2.45) is 0 Å². The Morgan fingerprint density at radius 2 is 2.38 bits per heavy atom. The third kappa shape index (κ3) is 3.21. The molecule has 0 rings (SSSR count). The van der Waals surface area contributed by atoms with E-state index in [1.54, 1.807) is 7.05 Å². The fourth-order valence-corrected chi connectivity index (χ4v) is 0.213. The molecule has 46 valence electrons. The van der Waals surface area contributed by atoms with Gasteiger partial charge >= 0.3 is 0 Å². The number of methoxy groups -OCH3 is 1. The molecule has 0 saturated carbocycles. The van der Waals surface area contributed by atoms with Gasteiger partial charge in [0.1, 0.15) is 0 Å². The fraction of sp³-hybridized carbons (Fsp3) is 0.400. The van der Waals surface area contributed by atoms with Gasteiger partial charge in [0.2, 0.25) is 5.91 Å². The second-order valence-electron chi connectivity index (χ2n) is 1.15. The Balaban J connectivity index is 3.37. The third-order valence-electron chi connectivity index (χ3n) is 0.602. The molecule has 3 nitrogen and oxygen atoms in total. The Morgan fingerprint density at radius 3 is 2.75 bits per heavy atom. The first-order chi connectivity index (χ1) is 3.81. The summed E-state index contributed by atoms with van der Waals surface area (Å²) in [6.45, 7) is 0. The second kappa shape index (κ2) is 4.18. The van der Waals surface area contributed by atoms with E-state index in [0.29, 0.717) is 0 Å². The zero-order valence-corrected chi connectivity index (χ0v) is 4.97. The minimum Gasteiger partial charge on any atom is -0.504 e. The first-order valence-electron chi connectivity index (χ1n) is 2.22. The Hall–Kier alpha value is -0.990. The molecule has 0 saturated heterocycles. The number of likely N-dealkylation sites (N-methyl/N-ethyl adjacent to an activating group) is 1. The molecule has 0 heterocycles. The van der Waals surface area contributed by atoms with Gasteiger partial charge in [0.15, 0.2) is 0 Å². The largest absolute Gasteiger partial charge is 0.504 e. The van der Waals surface area contributed by atoms with E-state index in [-0.39, 0.29) is 5.91 Å². The maximum atomic E-state index is 10.3. The van der Waals surface area contributed by atoms with Gasteiger partial charge in [-0.25, -0.2) is 0 Å². The molecule has 0 atom stereocenters. The molecule has 0 aromatic carbocycles. The molecule has 0 unspecified atom stereocenters. The van der Waals surface area contributed by atoms with Gasteiger partial charge in [0.25, 0.3) is 0 Å². The molecule has 3 heteroatoms. The van der Waals surface area contributed by atoms with E-state index in [2.05, 4.69) is 10.1 Å². The lowest BCUT2D eigenvalue weighted by Crippen LogP contribution is -2.13. The van der Waals surface area contributed by atoms with Crippen molar-refractivity contribution in [3.8, 4) is 0 Å². The standard InChI is InChI=1S/C5H9NO2/c1-6-5(7)3-4-8-2/h3-4H,1-2H3,(H,6,7). The third-order valence-corrected chi connectivity index (χ3v) is 0.602. The van der Waals surface area contributed by atoms with E-state index >= 15 is 0 Å². The summed E-state index contributed by atoms with van der Waals surface area (Å²) < 4.78 is 4.47. The van der Waals surface area contributed by atoms with Crippen LogP contribution in [-0.4, -0.2) is 20.1 Å². The summed E-state index contributed by atoms with van der Waals surface area (Å²) in [5.41, 5.74) is 0. The predicted octanol–water partition coefficient (Wildman–Crippen LogP) is -0.108. The van der Waals surface area contributed by atoms with E-state index in [9.17, 15) is 4.79 Å². The SMILES string of the molecule is CNC(=O)C=COC. The number of ether oxygens (including phenoxy) is 1. The van der Waals surface area contributed by atoms with Gasteiger partial charge in [-0.1, -0.05) is 0 Å². The number of hydrogen-bond donors (Lipinski definition) is 1. The number of nitrogens with one attached hydrogen (secondary N) is 1. The van der Waals surface area contributed by atoms with Crippen molar-refractivity contribution in [2.75, 3.05) is 14.2 Å². The highest BCUT2D eigenvalue weighted by atomic mass is 16.5. The van der Waals surface area contributed by atoms with E-state index in [1.807, 2.05) is 0 Å². The number of carbonyl (C=O) groups is 1. The molecular formula is C5H9NO2. The topological polar surface area (TPSA) is 38.3 Å². The first kappa shape index (κ1) is 7.01. The van der Waals surface area contributed by atoms with Gasteiger partial charge in [0, 0.05) is 13.1 Å². The summed E-state index contributed by atoms with van der Waals surface area (Å²) in [5, 5.41) is 2.39. The Kier molecular flexibility index (Phi) is 3.66. The molecular weight excluding hydrogens is 106 g/mol. The zero-order valence-electron chi connectivity index (χ0n) is 4.97. The highest BCUT2D eigenvalue weighted by molar-refractivity contribution is 5.86. The Bertz CT molecular complexity index is 98.6. The lowest BCUT2D eigenvalue weighted by Gasteiger charge is -1.87. The molecule has 1 N–H and O–H groups in total. The highest BCUT2D eigenvalue weighted by Crippen LogP contribution is 1.70. The molecule has 0 spiro atoms. The smallest absolute Gasteiger partial charge is 0.246 e. The van der Waals surface area contributed by atoms with Crippen LogP contribution in [0.2, 0.25) is 0 Å². The zero-order chi connectivity index (χ0) is 6.41. The summed E-state index contributed by atoms with van der Waals surface area (Å²) in [6.07, 6.45) is 2.62. The molecule has 0 aliphatic carbocycles. The van der Waals surface area contributed by atoms with Crippen LogP contribution in [0.3, 0.4) is 0 Å². The van der Waals surface area contributed by atoms with Crippen LogP contribution in [0.15, 0.2) is 12.3 Å². The van der Waals surface area contributed by atoms with Crippen LogP contribution in [-0.2, 0) is 9.53 Å². The summed E-state index contributed by atoms with van der Waals surface area (Å²) in [4.78, 5) is 10.3. The van der Waals surface area contributed by atoms with E-state index in [0.717, 1.165) is 0 Å². The molecule has 0 aliphatic rings. The van der Waals surface area contributed by atoms with Gasteiger partial charge in [-0.2, -0.15) is 0 Å². The maximum absolute atomic E-state index is 10.3. The van der Waals surface area contributed by atoms with Gasteiger partial charge in [-0.3, -0.25) is 4.79 Å². The van der Waals surface area contributed by atoms with Crippen molar-refractivity contribution in [3.63, 3.8) is 0 Å². The van der Waals surface area contributed by atoms with Crippen LogP contribution in [0.5, 0.6) is 0 Å². The van der Waals surface area contributed by atoms with E-state index in [1.165, 1.54) is 19.4 Å². The number of carbonyl (C=O) groups excluding carboxylic acids is 1. The van der Waals surface area contributed by atoms with Gasteiger partial charge in [-0.15, -0.1) is 0 Å². The minimum absolute atomic E-state index is 0.160. The fourth-order valence-electron chi connectivity index (χ4n) is 0.213. The van der Waals surface area contributed by atoms with Crippen LogP contribution in [0.1, 0.15) is 0 Å². The Morgan fingerprint density at radius 1 is 1.75 bits per heavy atom. The van der Waals surface area contributed by atoms with Crippen molar-refractivity contribution in [1.82, 2.24) is 5.32 Å². The van der Waals surface area contributed by atoms with Crippen LogP contribution in [0.25, 0.3) is 0 Å². The molecule has 0 bridgehead atoms. The summed E-state index contributed by atoms with van der Waals surface area (Å²) >= 11 is 0. The van der Waals surface area contributed by atoms with Gasteiger partial charge < -0.3 is 10.1 Å². The molecule has 0 fully saturated rings. The van der Waals surface area contributed by atoms with Crippen molar-refractivity contribution >= 4 is 5.91 Å². The lowest BCUT2D eigenvalue weighted by atomic mass is 10.6. The Labute approximate surface area is 48.3 Å². The summed E-state index contributed by atoms with van der Waals surface area (Å²) in [6, 6.07) is 0. The minimum atomic E-state index is -0.160. The van der Waals surface area contributed by atoms with Gasteiger partial charge in [0.05, 0.1) is 13.4 Å². The van der Waals surface area contributed by atoms with Crippen LogP contribution in [0.4, 0.5) is 0 Å². The maximum Gasteiger partial charge on any atom is 0.246 e. The van der Waals surface area contributed by atoms with Crippen LogP contribution in [0, 0.1) is 0 Å². The predicted molar refractivity (Wildman–Crippen MR) is 30.2 cm³/mol. The van der Waals surface area contributed by atoms with E-state index < -0.39 is 0 Å². The summed E-state index contributed by atoms with van der Waals surface area (Å²) in [7, 11) is 3.04. The highest BCUT2D eigenvalue weighted by Gasteiger charge is 1.83. The van der Waals surface area contributed by atoms with Crippen molar-refractivity contribution in [1.29, 1.82) is 0 Å². The number of amides is 1. The molecule has 8 heavy (non-hydrogen) atoms. The molecule has 0 aromatic rings. The lowest BCUT2D eigenvalue weighted by molar-refractivity contribution is -0.116. The number of hydrogen-bond acceptors (Lipinski definition) is 2. The van der Waals surface area contributed by atoms with Crippen molar-refractivity contribution in [2.45, 2.75) is 0 Å². The number of rotatable bonds is 2. The van der Waals surface area contributed by atoms with Crippen molar-refractivity contribution in [3.05, 3.63) is 12.3 Å². The molecule has 0 radical (unpaired) electrons.